The lowest BCUT2D eigenvalue weighted by molar-refractivity contribution is -0.115. The lowest BCUT2D eigenvalue weighted by Gasteiger charge is -2.34. The average Bonchev–Trinajstić information content (AvgIpc) is 2.64. The summed E-state index contributed by atoms with van der Waals surface area (Å²) >= 11 is 0. The molecule has 1 heterocycles. The van der Waals surface area contributed by atoms with E-state index in [4.69, 9.17) is 4.74 Å². The molecule has 0 spiro atoms. The van der Waals surface area contributed by atoms with Crippen LogP contribution in [0.3, 0.4) is 0 Å². The highest BCUT2D eigenvalue weighted by atomic mass is 19.1. The van der Waals surface area contributed by atoms with E-state index in [9.17, 15) is 9.18 Å². The predicted octanol–water partition coefficient (Wildman–Crippen LogP) is 3.08. The van der Waals surface area contributed by atoms with Crippen LogP contribution in [-0.2, 0) is 11.2 Å². The smallest absolute Gasteiger partial charge is 0.228 e. The second-order valence-corrected chi connectivity index (χ2v) is 6.98. The first-order valence-electron chi connectivity index (χ1n) is 9.12. The Hall–Kier alpha value is -2.60. The van der Waals surface area contributed by atoms with Crippen LogP contribution in [0.15, 0.2) is 36.4 Å². The van der Waals surface area contributed by atoms with E-state index in [0.29, 0.717) is 5.56 Å². The van der Waals surface area contributed by atoms with Gasteiger partial charge in [-0.15, -0.1) is 0 Å². The van der Waals surface area contributed by atoms with Crippen LogP contribution in [0.1, 0.15) is 11.1 Å². The normalized spacial score (nSPS) is 14.9. The summed E-state index contributed by atoms with van der Waals surface area (Å²) in [5.41, 5.74) is 3.58. The molecule has 0 unspecified atom stereocenters. The predicted molar refractivity (Wildman–Crippen MR) is 106 cm³/mol. The van der Waals surface area contributed by atoms with E-state index in [1.54, 1.807) is 6.07 Å². The number of benzene rings is 2. The van der Waals surface area contributed by atoms with Crippen LogP contribution >= 0.6 is 0 Å². The average molecular weight is 371 g/mol. The number of nitrogens with one attached hydrogen (secondary N) is 1. The van der Waals surface area contributed by atoms with Gasteiger partial charge in [-0.05, 0) is 55.4 Å². The van der Waals surface area contributed by atoms with Crippen molar-refractivity contribution in [2.75, 3.05) is 50.6 Å². The molecule has 27 heavy (non-hydrogen) atoms. The minimum absolute atomic E-state index is 0.112. The summed E-state index contributed by atoms with van der Waals surface area (Å²) in [6.07, 6.45) is 0.112. The number of anilines is 2. The Morgan fingerprint density at radius 2 is 1.89 bits per heavy atom. The first-order chi connectivity index (χ1) is 13.0. The molecule has 144 valence electrons. The number of hydrogen-bond acceptors (Lipinski definition) is 4. The van der Waals surface area contributed by atoms with Crippen LogP contribution in [0.5, 0.6) is 5.75 Å². The molecule has 1 amide bonds. The Balaban J connectivity index is 1.63. The van der Waals surface area contributed by atoms with Gasteiger partial charge in [0.1, 0.15) is 0 Å². The highest BCUT2D eigenvalue weighted by Gasteiger charge is 2.15. The van der Waals surface area contributed by atoms with Crippen molar-refractivity contribution in [1.82, 2.24) is 4.90 Å². The zero-order chi connectivity index (χ0) is 19.4. The molecule has 1 fully saturated rings. The minimum Gasteiger partial charge on any atom is -0.494 e. The fraction of sp³-hybridized carbons (Fsp3) is 0.381. The Labute approximate surface area is 159 Å². The first kappa shape index (κ1) is 19.2. The monoisotopic (exact) mass is 371 g/mol. The zero-order valence-electron chi connectivity index (χ0n) is 16.1. The van der Waals surface area contributed by atoms with Crippen LogP contribution in [0, 0.1) is 12.7 Å². The molecule has 1 aliphatic rings. The fourth-order valence-electron chi connectivity index (χ4n) is 3.25. The molecular weight excluding hydrogens is 345 g/mol. The summed E-state index contributed by atoms with van der Waals surface area (Å²) in [4.78, 5) is 17.0. The van der Waals surface area contributed by atoms with E-state index in [0.717, 1.165) is 37.4 Å². The second-order valence-electron chi connectivity index (χ2n) is 6.98. The summed E-state index contributed by atoms with van der Waals surface area (Å²) in [6.45, 7) is 6.10. The van der Waals surface area contributed by atoms with Crippen LogP contribution in [0.2, 0.25) is 0 Å². The third-order valence-electron chi connectivity index (χ3n) is 4.93. The number of carbonyl (C=O) groups is 1. The van der Waals surface area contributed by atoms with E-state index in [1.165, 1.54) is 24.9 Å². The van der Waals surface area contributed by atoms with Gasteiger partial charge in [0, 0.05) is 37.6 Å². The number of methoxy groups -OCH3 is 1. The molecule has 1 saturated heterocycles. The van der Waals surface area contributed by atoms with Gasteiger partial charge in [-0.3, -0.25) is 4.79 Å². The van der Waals surface area contributed by atoms with Crippen molar-refractivity contribution in [3.05, 3.63) is 53.3 Å². The lowest BCUT2D eigenvalue weighted by Crippen LogP contribution is -2.44. The van der Waals surface area contributed by atoms with Crippen molar-refractivity contribution in [3.63, 3.8) is 0 Å². The number of carbonyl (C=O) groups excluding carboxylic acids is 1. The van der Waals surface area contributed by atoms with Gasteiger partial charge in [0.25, 0.3) is 0 Å². The SMILES string of the molecule is COc1ccc(CC(=O)Nc2ccc(N3CCN(C)CC3)cc2C)cc1F. The molecule has 0 radical (unpaired) electrons. The molecule has 6 heteroatoms. The number of halogens is 1. The molecule has 0 atom stereocenters. The van der Waals surface area contributed by atoms with E-state index >= 15 is 0 Å². The quantitative estimate of drug-likeness (QED) is 0.877. The number of hydrogen-bond donors (Lipinski definition) is 1. The number of amides is 1. The third-order valence-corrected chi connectivity index (χ3v) is 4.93. The summed E-state index contributed by atoms with van der Waals surface area (Å²) in [6, 6.07) is 10.7. The van der Waals surface area contributed by atoms with Gasteiger partial charge < -0.3 is 19.9 Å². The van der Waals surface area contributed by atoms with Crippen molar-refractivity contribution >= 4 is 17.3 Å². The topological polar surface area (TPSA) is 44.8 Å². The van der Waals surface area contributed by atoms with Crippen molar-refractivity contribution < 1.29 is 13.9 Å². The molecular formula is C21H26FN3O2. The first-order valence-corrected chi connectivity index (χ1v) is 9.12. The number of likely N-dealkylation sites (N-methyl/N-ethyl adjacent to an activating group) is 1. The Morgan fingerprint density at radius 1 is 1.15 bits per heavy atom. The highest BCUT2D eigenvalue weighted by molar-refractivity contribution is 5.93. The van der Waals surface area contributed by atoms with Crippen molar-refractivity contribution in [1.29, 1.82) is 0 Å². The summed E-state index contributed by atoms with van der Waals surface area (Å²) in [5.74, 6) is -0.458. The van der Waals surface area contributed by atoms with Gasteiger partial charge >= 0.3 is 0 Å². The largest absolute Gasteiger partial charge is 0.494 e. The Bertz CT molecular complexity index is 817. The number of piperazine rings is 1. The number of rotatable bonds is 5. The maximum absolute atomic E-state index is 13.8. The van der Waals surface area contributed by atoms with Crippen LogP contribution in [-0.4, -0.2) is 51.1 Å². The Kier molecular flexibility index (Phi) is 5.96. The molecule has 0 aromatic heterocycles. The minimum atomic E-state index is -0.462. The van der Waals surface area contributed by atoms with Crippen molar-refractivity contribution in [2.45, 2.75) is 13.3 Å². The molecule has 5 nitrogen and oxygen atoms in total. The fourth-order valence-corrected chi connectivity index (χ4v) is 3.25. The molecule has 1 aliphatic heterocycles. The second kappa shape index (κ2) is 8.39. The van der Waals surface area contributed by atoms with Gasteiger partial charge in [0.2, 0.25) is 5.91 Å². The molecule has 2 aromatic carbocycles. The van der Waals surface area contributed by atoms with Crippen molar-refractivity contribution in [2.24, 2.45) is 0 Å². The highest BCUT2D eigenvalue weighted by Crippen LogP contribution is 2.24. The number of aryl methyl sites for hydroxylation is 1. The third kappa shape index (κ3) is 4.77. The molecule has 2 aromatic rings. The summed E-state index contributed by atoms with van der Waals surface area (Å²) in [5, 5.41) is 2.92. The zero-order valence-corrected chi connectivity index (χ0v) is 16.1. The molecule has 0 aliphatic carbocycles. The Morgan fingerprint density at radius 3 is 2.52 bits per heavy atom. The van der Waals surface area contributed by atoms with E-state index in [-0.39, 0.29) is 18.1 Å². The lowest BCUT2D eigenvalue weighted by atomic mass is 10.1. The maximum atomic E-state index is 13.8. The molecule has 0 saturated carbocycles. The number of ether oxygens (including phenoxy) is 1. The molecule has 1 N–H and O–H groups in total. The van der Waals surface area contributed by atoms with Gasteiger partial charge in [-0.25, -0.2) is 4.39 Å². The van der Waals surface area contributed by atoms with Crippen LogP contribution in [0.25, 0.3) is 0 Å². The van der Waals surface area contributed by atoms with E-state index in [1.807, 2.05) is 19.1 Å². The van der Waals surface area contributed by atoms with E-state index < -0.39 is 5.82 Å². The van der Waals surface area contributed by atoms with Crippen LogP contribution in [0.4, 0.5) is 15.8 Å². The van der Waals surface area contributed by atoms with Gasteiger partial charge in [-0.1, -0.05) is 6.07 Å². The van der Waals surface area contributed by atoms with E-state index in [2.05, 4.69) is 28.2 Å². The number of nitrogens with zero attached hydrogens (tertiary/aromatic N) is 2. The van der Waals surface area contributed by atoms with Crippen LogP contribution < -0.4 is 15.0 Å². The van der Waals surface area contributed by atoms with Crippen molar-refractivity contribution in [3.8, 4) is 5.75 Å². The molecule has 3 rings (SSSR count). The van der Waals surface area contributed by atoms with Gasteiger partial charge in [0.05, 0.1) is 13.5 Å². The van der Waals surface area contributed by atoms with Gasteiger partial charge in [-0.2, -0.15) is 0 Å². The standard InChI is InChI=1S/C21H26FN3O2/c1-15-12-17(25-10-8-24(2)9-11-25)5-6-19(15)23-21(26)14-16-4-7-20(27-3)18(22)13-16/h4-7,12-13H,8-11,14H2,1-3H3,(H,23,26). The summed E-state index contributed by atoms with van der Waals surface area (Å²) < 4.78 is 18.7. The summed E-state index contributed by atoms with van der Waals surface area (Å²) in [7, 11) is 3.55. The maximum Gasteiger partial charge on any atom is 0.228 e. The van der Waals surface area contributed by atoms with Gasteiger partial charge in [0.15, 0.2) is 11.6 Å². The molecule has 0 bridgehead atoms.